The predicted octanol–water partition coefficient (Wildman–Crippen LogP) is 0.523. The molecule has 3 fully saturated rings. The van der Waals surface area contributed by atoms with E-state index in [2.05, 4.69) is 6.07 Å². The Labute approximate surface area is 210 Å². The molecule has 3 saturated heterocycles. The second kappa shape index (κ2) is 11.0. The van der Waals surface area contributed by atoms with Crippen molar-refractivity contribution in [3.05, 3.63) is 29.8 Å². The lowest BCUT2D eigenvalue weighted by Gasteiger charge is -2.41. The van der Waals surface area contributed by atoms with E-state index >= 15 is 0 Å². The van der Waals surface area contributed by atoms with E-state index in [1.54, 1.807) is 17.6 Å². The Balaban J connectivity index is 1.39. The van der Waals surface area contributed by atoms with Gasteiger partial charge in [0.1, 0.15) is 12.2 Å². The van der Waals surface area contributed by atoms with Gasteiger partial charge in [0.2, 0.25) is 10.0 Å². The van der Waals surface area contributed by atoms with Crippen molar-refractivity contribution >= 4 is 27.7 Å². The minimum atomic E-state index is -3.86. The third-order valence-corrected chi connectivity index (χ3v) is 9.24. The Hall–Kier alpha value is -2.92. The van der Waals surface area contributed by atoms with E-state index in [-0.39, 0.29) is 45.1 Å². The molecule has 0 saturated carbocycles. The van der Waals surface area contributed by atoms with Gasteiger partial charge >= 0.3 is 6.09 Å². The number of ether oxygens (including phenoxy) is 2. The number of nitrogens with one attached hydrogen (secondary N) is 1. The molecule has 1 aromatic rings. The van der Waals surface area contributed by atoms with Gasteiger partial charge in [0.25, 0.3) is 5.91 Å². The van der Waals surface area contributed by atoms with Gasteiger partial charge in [0, 0.05) is 45.7 Å². The van der Waals surface area contributed by atoms with Crippen LogP contribution in [-0.2, 0) is 24.3 Å². The molecule has 0 spiro atoms. The lowest BCUT2D eigenvalue weighted by Crippen LogP contribution is -2.56. The van der Waals surface area contributed by atoms with Crippen molar-refractivity contribution in [2.24, 2.45) is 5.41 Å². The highest BCUT2D eigenvalue weighted by Gasteiger charge is 2.47. The summed E-state index contributed by atoms with van der Waals surface area (Å²) in [5.41, 5.74) is 1.55. The molecule has 12 nitrogen and oxygen atoms in total. The van der Waals surface area contributed by atoms with Crippen molar-refractivity contribution in [2.75, 3.05) is 63.1 Å². The van der Waals surface area contributed by atoms with Crippen LogP contribution in [0.4, 0.5) is 10.5 Å². The first-order valence-electron chi connectivity index (χ1n) is 12.0. The summed E-state index contributed by atoms with van der Waals surface area (Å²) in [6.07, 6.45) is -0.0389. The summed E-state index contributed by atoms with van der Waals surface area (Å²) in [7, 11) is -3.86. The smallest absolute Gasteiger partial charge is 0.410 e. The number of sulfonamides is 1. The first kappa shape index (κ1) is 26.2. The minimum absolute atomic E-state index is 0.0738. The van der Waals surface area contributed by atoms with Crippen LogP contribution < -0.4 is 10.4 Å². The Morgan fingerprint density at radius 1 is 1.17 bits per heavy atom. The first-order valence-corrected chi connectivity index (χ1v) is 13.6. The predicted molar refractivity (Wildman–Crippen MR) is 128 cm³/mol. The van der Waals surface area contributed by atoms with Crippen molar-refractivity contribution in [2.45, 2.75) is 25.4 Å². The molecule has 4 rings (SSSR count). The maximum atomic E-state index is 13.4. The summed E-state index contributed by atoms with van der Waals surface area (Å²) in [4.78, 5) is 28.6. The fourth-order valence-electron chi connectivity index (χ4n) is 4.99. The normalized spacial score (nSPS) is 22.6. The molecule has 1 aromatic carbocycles. The number of anilines is 1. The molecule has 2 N–H and O–H groups in total. The van der Waals surface area contributed by atoms with E-state index in [1.807, 2.05) is 17.0 Å². The Morgan fingerprint density at radius 2 is 1.86 bits per heavy atom. The molecule has 0 bridgehead atoms. The average Bonchev–Trinajstić information content (AvgIpc) is 3.41. The maximum Gasteiger partial charge on any atom is 0.410 e. The van der Waals surface area contributed by atoms with Gasteiger partial charge in [-0.15, -0.1) is 0 Å². The fourth-order valence-corrected chi connectivity index (χ4v) is 7.01. The Bertz CT molecular complexity index is 1100. The maximum absolute atomic E-state index is 13.4. The molecule has 36 heavy (non-hydrogen) atoms. The summed E-state index contributed by atoms with van der Waals surface area (Å²) in [5.74, 6) is -1.24. The van der Waals surface area contributed by atoms with Crippen LogP contribution in [0.15, 0.2) is 24.3 Å². The highest BCUT2D eigenvalue weighted by Crippen LogP contribution is 2.35. The number of hydroxylamine groups is 1. The molecular weight excluding hydrogens is 490 g/mol. The zero-order valence-electron chi connectivity index (χ0n) is 20.0. The zero-order chi connectivity index (χ0) is 25.8. The van der Waals surface area contributed by atoms with E-state index in [1.165, 1.54) is 9.21 Å². The second-order valence-electron chi connectivity index (χ2n) is 9.35. The van der Waals surface area contributed by atoms with Crippen LogP contribution >= 0.6 is 0 Å². The van der Waals surface area contributed by atoms with Crippen molar-refractivity contribution in [1.29, 1.82) is 5.26 Å². The van der Waals surface area contributed by atoms with Crippen LogP contribution in [0.25, 0.3) is 0 Å². The van der Waals surface area contributed by atoms with Crippen LogP contribution in [-0.4, -0.2) is 99.2 Å². The number of hydrogen-bond acceptors (Lipinski definition) is 9. The standard InChI is InChI=1S/C23H31N5O7S/c24-15-18-3-1-2-4-20(18)26-10-12-28(13-11-26)36(32,33)17-23(21(29)25-31)6-8-27(9-7-23)22(30)35-19-5-14-34-16-19/h1-4,19,31H,5-14,16-17H2,(H,25,29). The van der Waals surface area contributed by atoms with E-state index in [0.717, 1.165) is 5.69 Å². The topological polar surface area (TPSA) is 153 Å². The van der Waals surface area contributed by atoms with Crippen molar-refractivity contribution in [1.82, 2.24) is 14.7 Å². The number of piperidine rings is 1. The van der Waals surface area contributed by atoms with Crippen LogP contribution in [0.2, 0.25) is 0 Å². The van der Waals surface area contributed by atoms with Crippen molar-refractivity contribution in [3.8, 4) is 6.07 Å². The molecule has 3 aliphatic heterocycles. The van der Waals surface area contributed by atoms with Gasteiger partial charge in [-0.05, 0) is 25.0 Å². The van der Waals surface area contributed by atoms with Gasteiger partial charge in [-0.2, -0.15) is 9.57 Å². The highest BCUT2D eigenvalue weighted by molar-refractivity contribution is 7.89. The third kappa shape index (κ3) is 5.57. The van der Waals surface area contributed by atoms with Crippen LogP contribution in [0, 0.1) is 16.7 Å². The molecule has 196 valence electrons. The average molecular weight is 522 g/mol. The molecule has 1 atom stereocenters. The molecule has 13 heteroatoms. The molecular formula is C23H31N5O7S. The van der Waals surface area contributed by atoms with Gasteiger partial charge in [-0.1, -0.05) is 12.1 Å². The third-order valence-electron chi connectivity index (χ3n) is 7.17. The van der Waals surface area contributed by atoms with E-state index < -0.39 is 33.2 Å². The Morgan fingerprint density at radius 3 is 2.47 bits per heavy atom. The van der Waals surface area contributed by atoms with Crippen LogP contribution in [0.3, 0.4) is 0 Å². The summed E-state index contributed by atoms with van der Waals surface area (Å²) in [6, 6.07) is 9.33. The fraction of sp³-hybridized carbons (Fsp3) is 0.609. The molecule has 3 heterocycles. The van der Waals surface area contributed by atoms with Gasteiger partial charge in [0.15, 0.2) is 0 Å². The van der Waals surface area contributed by atoms with E-state index in [0.29, 0.717) is 38.3 Å². The van der Waals surface area contributed by atoms with E-state index in [9.17, 15) is 28.5 Å². The minimum Gasteiger partial charge on any atom is -0.444 e. The Kier molecular flexibility index (Phi) is 7.99. The van der Waals surface area contributed by atoms with Crippen molar-refractivity contribution < 1.29 is 32.7 Å². The molecule has 3 aliphatic rings. The van der Waals surface area contributed by atoms with Gasteiger partial charge in [-0.3, -0.25) is 10.0 Å². The number of likely N-dealkylation sites (tertiary alicyclic amines) is 1. The number of piperazine rings is 1. The summed E-state index contributed by atoms with van der Waals surface area (Å²) >= 11 is 0. The number of nitrogens with zero attached hydrogens (tertiary/aromatic N) is 4. The van der Waals surface area contributed by atoms with Gasteiger partial charge in [-0.25, -0.2) is 18.7 Å². The molecule has 1 unspecified atom stereocenters. The molecule has 0 radical (unpaired) electrons. The number of amides is 2. The lowest BCUT2D eigenvalue weighted by molar-refractivity contribution is -0.141. The largest absolute Gasteiger partial charge is 0.444 e. The quantitative estimate of drug-likeness (QED) is 0.403. The zero-order valence-corrected chi connectivity index (χ0v) is 20.8. The molecule has 0 aliphatic carbocycles. The summed E-state index contributed by atoms with van der Waals surface area (Å²) in [5, 5.41) is 18.7. The van der Waals surface area contributed by atoms with E-state index in [4.69, 9.17) is 9.47 Å². The van der Waals surface area contributed by atoms with Gasteiger partial charge in [0.05, 0.1) is 35.6 Å². The van der Waals surface area contributed by atoms with Gasteiger partial charge < -0.3 is 19.3 Å². The number of para-hydroxylation sites is 1. The first-order chi connectivity index (χ1) is 17.3. The SMILES string of the molecule is N#Cc1ccccc1N1CCN(S(=O)(=O)CC2(C(=O)NO)CCN(C(=O)OC3CCOC3)CC2)CC1. The molecule has 2 amide bonds. The van der Waals surface area contributed by atoms with Crippen LogP contribution in [0.5, 0.6) is 0 Å². The lowest BCUT2D eigenvalue weighted by atomic mass is 9.79. The monoisotopic (exact) mass is 521 g/mol. The highest BCUT2D eigenvalue weighted by atomic mass is 32.2. The van der Waals surface area contributed by atoms with Crippen molar-refractivity contribution in [3.63, 3.8) is 0 Å². The number of carbonyl (C=O) groups is 2. The number of rotatable bonds is 6. The van der Waals surface area contributed by atoms with Crippen LogP contribution in [0.1, 0.15) is 24.8 Å². The number of benzene rings is 1. The number of carbonyl (C=O) groups excluding carboxylic acids is 2. The summed E-state index contributed by atoms with van der Waals surface area (Å²) in [6.45, 7) is 2.38. The molecule has 0 aromatic heterocycles. The second-order valence-corrected chi connectivity index (χ2v) is 11.3. The number of nitriles is 1. The summed E-state index contributed by atoms with van der Waals surface area (Å²) < 4.78 is 38.7. The number of hydrogen-bond donors (Lipinski definition) is 2.